The maximum absolute atomic E-state index is 5.82. The van der Waals surface area contributed by atoms with Crippen molar-refractivity contribution in [3.05, 3.63) is 18.1 Å². The van der Waals surface area contributed by atoms with E-state index in [0.717, 1.165) is 25.1 Å². The van der Waals surface area contributed by atoms with Gasteiger partial charge in [-0.05, 0) is 19.4 Å². The second-order valence-electron chi connectivity index (χ2n) is 4.42. The minimum atomic E-state index is -0.306. The van der Waals surface area contributed by atoms with Gasteiger partial charge in [-0.15, -0.1) is 0 Å². The Morgan fingerprint density at radius 2 is 1.79 bits per heavy atom. The molecule has 5 heteroatoms. The second-order valence-corrected chi connectivity index (χ2v) is 4.42. The Morgan fingerprint density at radius 1 is 1.16 bits per heavy atom. The molecule has 1 unspecified atom stereocenters. The van der Waals surface area contributed by atoms with Crippen LogP contribution < -0.4 is 10.1 Å². The summed E-state index contributed by atoms with van der Waals surface area (Å²) in [5.41, 5.74) is 0.497. The zero-order valence-electron chi connectivity index (χ0n) is 12.6. The number of aromatic nitrogens is 2. The monoisotopic (exact) mass is 267 g/mol. The van der Waals surface area contributed by atoms with Crippen LogP contribution in [0.2, 0.25) is 0 Å². The summed E-state index contributed by atoms with van der Waals surface area (Å²) in [5.74, 6) is 0.553. The molecule has 0 radical (unpaired) electrons. The Labute approximate surface area is 115 Å². The summed E-state index contributed by atoms with van der Waals surface area (Å²) in [6.07, 6.45) is 5.10. The third-order valence-corrected chi connectivity index (χ3v) is 3.70. The van der Waals surface area contributed by atoms with Crippen molar-refractivity contribution >= 4 is 0 Å². The van der Waals surface area contributed by atoms with Gasteiger partial charge in [-0.3, -0.25) is 4.98 Å². The molecular formula is C14H25N3O2. The molecule has 0 aromatic carbocycles. The summed E-state index contributed by atoms with van der Waals surface area (Å²) >= 11 is 0. The highest BCUT2D eigenvalue weighted by atomic mass is 16.5. The first kappa shape index (κ1) is 15.9. The average molecular weight is 267 g/mol. The molecule has 1 aromatic heterocycles. The molecule has 0 fully saturated rings. The van der Waals surface area contributed by atoms with Gasteiger partial charge in [-0.2, -0.15) is 0 Å². The fourth-order valence-corrected chi connectivity index (χ4v) is 2.49. The number of ether oxygens (including phenoxy) is 2. The molecule has 108 valence electrons. The van der Waals surface area contributed by atoms with E-state index >= 15 is 0 Å². The summed E-state index contributed by atoms with van der Waals surface area (Å²) in [6, 6.07) is -0.0406. The van der Waals surface area contributed by atoms with Crippen LogP contribution in [0.5, 0.6) is 5.88 Å². The first-order valence-corrected chi connectivity index (χ1v) is 6.82. The lowest BCUT2D eigenvalue weighted by Gasteiger charge is -2.38. The van der Waals surface area contributed by atoms with Crippen LogP contribution in [0.1, 0.15) is 45.3 Å². The fourth-order valence-electron chi connectivity index (χ4n) is 2.49. The summed E-state index contributed by atoms with van der Waals surface area (Å²) in [5, 5.41) is 3.46. The van der Waals surface area contributed by atoms with Crippen LogP contribution in [0, 0.1) is 0 Å². The maximum atomic E-state index is 5.82. The molecule has 1 heterocycles. The number of hydrogen-bond donors (Lipinski definition) is 1. The zero-order valence-corrected chi connectivity index (χ0v) is 12.6. The van der Waals surface area contributed by atoms with E-state index in [2.05, 4.69) is 36.1 Å². The fraction of sp³-hybridized carbons (Fsp3) is 0.714. The molecule has 0 spiro atoms. The molecule has 1 aromatic rings. The van der Waals surface area contributed by atoms with Gasteiger partial charge in [-0.1, -0.05) is 20.8 Å². The summed E-state index contributed by atoms with van der Waals surface area (Å²) in [6.45, 7) is 7.15. The molecular weight excluding hydrogens is 242 g/mol. The molecule has 0 aliphatic heterocycles. The molecule has 0 aliphatic rings. The Morgan fingerprint density at radius 3 is 2.26 bits per heavy atom. The second kappa shape index (κ2) is 7.40. The highest BCUT2D eigenvalue weighted by molar-refractivity contribution is 5.24. The first-order chi connectivity index (χ1) is 9.18. The van der Waals surface area contributed by atoms with Crippen molar-refractivity contribution in [3.8, 4) is 5.88 Å². The summed E-state index contributed by atoms with van der Waals surface area (Å²) in [7, 11) is 3.36. The lowest BCUT2D eigenvalue weighted by Crippen LogP contribution is -2.45. The van der Waals surface area contributed by atoms with Crippen LogP contribution in [-0.4, -0.2) is 36.3 Å². The Kier molecular flexibility index (Phi) is 6.18. The topological polar surface area (TPSA) is 56.3 Å². The van der Waals surface area contributed by atoms with E-state index < -0.39 is 0 Å². The predicted molar refractivity (Wildman–Crippen MR) is 75.3 cm³/mol. The molecule has 1 rings (SSSR count). The largest absolute Gasteiger partial charge is 0.480 e. The number of nitrogens with zero attached hydrogens (tertiary/aromatic N) is 2. The van der Waals surface area contributed by atoms with E-state index in [-0.39, 0.29) is 11.6 Å². The van der Waals surface area contributed by atoms with Crippen LogP contribution >= 0.6 is 0 Å². The molecule has 1 N–H and O–H groups in total. The highest BCUT2D eigenvalue weighted by Crippen LogP contribution is 2.36. The number of nitrogens with one attached hydrogen (secondary N) is 1. The molecule has 0 saturated carbocycles. The van der Waals surface area contributed by atoms with Gasteiger partial charge in [0.2, 0.25) is 5.88 Å². The Bertz CT molecular complexity index is 372. The van der Waals surface area contributed by atoms with E-state index in [1.807, 2.05) is 0 Å². The molecule has 19 heavy (non-hydrogen) atoms. The van der Waals surface area contributed by atoms with Crippen LogP contribution in [-0.2, 0) is 4.74 Å². The van der Waals surface area contributed by atoms with E-state index in [1.165, 1.54) is 0 Å². The number of hydrogen-bond acceptors (Lipinski definition) is 5. The SMILES string of the molecule is CCNC(c1nccnc1OC)C(CC)(CC)OC. The standard InChI is InChI=1S/C14H25N3O2/c1-6-14(7-2,19-5)12(15-8-3)11-13(18-4)17-10-9-16-11/h9-10,12,15H,6-8H2,1-5H3. The van der Waals surface area contributed by atoms with Gasteiger partial charge in [0, 0.05) is 19.5 Å². The van der Waals surface area contributed by atoms with Gasteiger partial charge in [-0.25, -0.2) is 4.98 Å². The van der Waals surface area contributed by atoms with Crippen molar-refractivity contribution in [1.29, 1.82) is 0 Å². The Balaban J connectivity index is 3.25. The van der Waals surface area contributed by atoms with Crippen LogP contribution in [0.15, 0.2) is 12.4 Å². The molecule has 0 amide bonds. The zero-order chi connectivity index (χ0) is 14.3. The quantitative estimate of drug-likeness (QED) is 0.783. The molecule has 0 aliphatic carbocycles. The van der Waals surface area contributed by atoms with E-state index in [4.69, 9.17) is 9.47 Å². The third kappa shape index (κ3) is 3.22. The number of likely N-dealkylation sites (N-methyl/N-ethyl adjacent to an activating group) is 1. The maximum Gasteiger partial charge on any atom is 0.237 e. The third-order valence-electron chi connectivity index (χ3n) is 3.70. The van der Waals surface area contributed by atoms with Crippen molar-refractivity contribution in [1.82, 2.24) is 15.3 Å². The van der Waals surface area contributed by atoms with Crippen molar-refractivity contribution in [2.75, 3.05) is 20.8 Å². The van der Waals surface area contributed by atoms with Crippen molar-refractivity contribution in [2.45, 2.75) is 45.3 Å². The van der Waals surface area contributed by atoms with Crippen LogP contribution in [0.4, 0.5) is 0 Å². The van der Waals surface area contributed by atoms with E-state index in [9.17, 15) is 0 Å². The van der Waals surface area contributed by atoms with Gasteiger partial charge >= 0.3 is 0 Å². The van der Waals surface area contributed by atoms with Crippen molar-refractivity contribution in [2.24, 2.45) is 0 Å². The minimum Gasteiger partial charge on any atom is -0.480 e. The molecule has 0 saturated heterocycles. The molecule has 5 nitrogen and oxygen atoms in total. The average Bonchev–Trinajstić information content (AvgIpc) is 2.48. The van der Waals surface area contributed by atoms with Gasteiger partial charge in [0.1, 0.15) is 5.69 Å². The molecule has 1 atom stereocenters. The van der Waals surface area contributed by atoms with E-state index in [0.29, 0.717) is 5.88 Å². The van der Waals surface area contributed by atoms with Crippen LogP contribution in [0.3, 0.4) is 0 Å². The van der Waals surface area contributed by atoms with Crippen molar-refractivity contribution in [3.63, 3.8) is 0 Å². The molecule has 0 bridgehead atoms. The van der Waals surface area contributed by atoms with Crippen molar-refractivity contribution < 1.29 is 9.47 Å². The number of methoxy groups -OCH3 is 2. The first-order valence-electron chi connectivity index (χ1n) is 6.82. The smallest absolute Gasteiger partial charge is 0.237 e. The van der Waals surface area contributed by atoms with E-state index in [1.54, 1.807) is 26.6 Å². The Hall–Kier alpha value is -1.20. The lowest BCUT2D eigenvalue weighted by molar-refractivity contribution is -0.0499. The van der Waals surface area contributed by atoms with Gasteiger partial charge in [0.05, 0.1) is 18.8 Å². The summed E-state index contributed by atoms with van der Waals surface area (Å²) < 4.78 is 11.2. The predicted octanol–water partition coefficient (Wildman–Crippen LogP) is 2.34. The minimum absolute atomic E-state index is 0.0406. The van der Waals surface area contributed by atoms with Gasteiger partial charge in [0.25, 0.3) is 0 Å². The lowest BCUT2D eigenvalue weighted by atomic mass is 9.86. The highest BCUT2D eigenvalue weighted by Gasteiger charge is 2.39. The number of rotatable bonds is 8. The summed E-state index contributed by atoms with van der Waals surface area (Å²) in [4.78, 5) is 8.68. The normalized spacial score (nSPS) is 13.3. The van der Waals surface area contributed by atoms with Crippen LogP contribution in [0.25, 0.3) is 0 Å². The van der Waals surface area contributed by atoms with Gasteiger partial charge in [0.15, 0.2) is 0 Å². The van der Waals surface area contributed by atoms with Gasteiger partial charge < -0.3 is 14.8 Å².